The number of benzene rings is 1. The fourth-order valence-electron chi connectivity index (χ4n) is 3.32. The fourth-order valence-corrected chi connectivity index (χ4v) is 3.32. The average molecular weight is 339 g/mol. The van der Waals surface area contributed by atoms with E-state index in [1.165, 1.54) is 23.1 Å². The van der Waals surface area contributed by atoms with Crippen LogP contribution in [-0.2, 0) is 10.4 Å². The van der Waals surface area contributed by atoms with Crippen LogP contribution in [0.1, 0.15) is 5.56 Å². The van der Waals surface area contributed by atoms with Crippen molar-refractivity contribution in [1.29, 1.82) is 0 Å². The Balaban J connectivity index is 2.16. The summed E-state index contributed by atoms with van der Waals surface area (Å²) in [6, 6.07) is 5.75. The number of hydrogen-bond acceptors (Lipinski definition) is 5. The summed E-state index contributed by atoms with van der Waals surface area (Å²) in [5.74, 6) is -0.618. The molecular formula is C15H18FN3O5. The lowest BCUT2D eigenvalue weighted by Crippen LogP contribution is -2.69. The number of ether oxygens (including phenoxy) is 1. The Morgan fingerprint density at radius 3 is 2.83 bits per heavy atom. The molecule has 2 atom stereocenters. The van der Waals surface area contributed by atoms with Crippen LogP contribution >= 0.6 is 0 Å². The highest BCUT2D eigenvalue weighted by Crippen LogP contribution is 2.38. The van der Waals surface area contributed by atoms with Crippen molar-refractivity contribution in [2.75, 3.05) is 32.8 Å². The molecule has 130 valence electrons. The summed E-state index contributed by atoms with van der Waals surface area (Å²) in [4.78, 5) is 26.4. The Bertz CT molecular complexity index is 658. The van der Waals surface area contributed by atoms with Crippen molar-refractivity contribution < 1.29 is 28.9 Å². The van der Waals surface area contributed by atoms with Crippen LogP contribution in [0, 0.1) is 5.82 Å². The Morgan fingerprint density at radius 2 is 2.21 bits per heavy atom. The van der Waals surface area contributed by atoms with Crippen molar-refractivity contribution in [3.05, 3.63) is 35.6 Å². The van der Waals surface area contributed by atoms with Crippen molar-refractivity contribution >= 4 is 12.2 Å². The summed E-state index contributed by atoms with van der Waals surface area (Å²) in [5, 5.41) is 21.9. The van der Waals surface area contributed by atoms with E-state index >= 15 is 0 Å². The highest BCUT2D eigenvalue weighted by molar-refractivity contribution is 5.74. The van der Waals surface area contributed by atoms with Gasteiger partial charge in [0.05, 0.1) is 13.2 Å². The molecule has 2 aliphatic heterocycles. The van der Waals surface area contributed by atoms with E-state index in [9.17, 15) is 24.2 Å². The molecule has 24 heavy (non-hydrogen) atoms. The molecule has 2 fully saturated rings. The number of nitrogens with zero attached hydrogens (tertiary/aromatic N) is 2. The maximum atomic E-state index is 14.5. The quantitative estimate of drug-likeness (QED) is 0.736. The van der Waals surface area contributed by atoms with Gasteiger partial charge in [-0.1, -0.05) is 18.2 Å². The molecule has 9 heteroatoms. The molecule has 1 aromatic carbocycles. The van der Waals surface area contributed by atoms with Crippen molar-refractivity contribution in [2.45, 2.75) is 11.8 Å². The van der Waals surface area contributed by atoms with Crippen LogP contribution < -0.4 is 5.32 Å². The summed E-state index contributed by atoms with van der Waals surface area (Å²) >= 11 is 0. The molecule has 0 bridgehead atoms. The fraction of sp³-hybridized carbons (Fsp3) is 0.467. The number of nitrogens with one attached hydrogen (secondary N) is 1. The van der Waals surface area contributed by atoms with Crippen LogP contribution in [0.15, 0.2) is 24.3 Å². The molecule has 2 amide bonds. The molecule has 0 spiro atoms. The summed E-state index contributed by atoms with van der Waals surface area (Å²) in [7, 11) is 0. The number of carbonyl (C=O) groups excluding carboxylic acids is 1. The van der Waals surface area contributed by atoms with Gasteiger partial charge in [-0.05, 0) is 6.07 Å². The summed E-state index contributed by atoms with van der Waals surface area (Å²) in [6.07, 6.45) is -2.83. The summed E-state index contributed by atoms with van der Waals surface area (Å²) in [5.41, 5.74) is -1.51. The van der Waals surface area contributed by atoms with Gasteiger partial charge in [0.15, 0.2) is 5.66 Å². The first-order valence-corrected chi connectivity index (χ1v) is 7.56. The number of aliphatic hydroxyl groups excluding tert-OH is 1. The van der Waals surface area contributed by atoms with Crippen molar-refractivity contribution in [3.8, 4) is 0 Å². The van der Waals surface area contributed by atoms with Gasteiger partial charge in [0.2, 0.25) is 0 Å². The van der Waals surface area contributed by atoms with Crippen LogP contribution in [0.5, 0.6) is 0 Å². The maximum absolute atomic E-state index is 14.5. The molecule has 8 nitrogen and oxygen atoms in total. The molecule has 0 saturated carbocycles. The summed E-state index contributed by atoms with van der Waals surface area (Å²) in [6.45, 7) is 0.0603. The molecule has 1 aromatic rings. The Morgan fingerprint density at radius 1 is 1.46 bits per heavy atom. The molecule has 2 saturated heterocycles. The monoisotopic (exact) mass is 339 g/mol. The zero-order valence-electron chi connectivity index (χ0n) is 12.8. The molecule has 2 aliphatic rings. The second-order valence-electron chi connectivity index (χ2n) is 5.71. The van der Waals surface area contributed by atoms with Crippen molar-refractivity contribution in [3.63, 3.8) is 0 Å². The van der Waals surface area contributed by atoms with Crippen molar-refractivity contribution in [1.82, 2.24) is 15.1 Å². The number of piperazine rings is 1. The summed E-state index contributed by atoms with van der Waals surface area (Å²) < 4.78 is 19.6. The van der Waals surface area contributed by atoms with Crippen LogP contribution in [0.3, 0.4) is 0 Å². The van der Waals surface area contributed by atoms with Gasteiger partial charge in [-0.3, -0.25) is 9.80 Å². The van der Waals surface area contributed by atoms with Crippen LogP contribution in [0.25, 0.3) is 0 Å². The lowest BCUT2D eigenvalue weighted by atomic mass is 9.92. The van der Waals surface area contributed by atoms with Gasteiger partial charge in [0.1, 0.15) is 11.9 Å². The van der Waals surface area contributed by atoms with E-state index in [1.807, 2.05) is 0 Å². The highest BCUT2D eigenvalue weighted by atomic mass is 19.1. The number of cyclic esters (lactones) is 1. The molecule has 2 heterocycles. The molecule has 3 N–H and O–H groups in total. The topological polar surface area (TPSA) is 102 Å². The smallest absolute Gasteiger partial charge is 0.412 e. The average Bonchev–Trinajstić information content (AvgIpc) is 2.96. The van der Waals surface area contributed by atoms with Crippen LogP contribution in [0.4, 0.5) is 14.0 Å². The molecule has 0 aliphatic carbocycles. The third-order valence-corrected chi connectivity index (χ3v) is 4.39. The van der Waals surface area contributed by atoms with E-state index in [0.29, 0.717) is 6.54 Å². The number of rotatable bonds is 3. The van der Waals surface area contributed by atoms with Gasteiger partial charge >= 0.3 is 12.2 Å². The van der Waals surface area contributed by atoms with Crippen LogP contribution in [0.2, 0.25) is 0 Å². The van der Waals surface area contributed by atoms with Gasteiger partial charge in [-0.15, -0.1) is 0 Å². The number of aliphatic hydroxyl groups is 1. The zero-order valence-corrected chi connectivity index (χ0v) is 12.8. The predicted octanol–water partition coefficient (Wildman–Crippen LogP) is 0.375. The first-order valence-electron chi connectivity index (χ1n) is 7.56. The largest absolute Gasteiger partial charge is 0.465 e. The predicted molar refractivity (Wildman–Crippen MR) is 79.7 cm³/mol. The van der Waals surface area contributed by atoms with Gasteiger partial charge in [0.25, 0.3) is 0 Å². The Kier molecular flexibility index (Phi) is 4.29. The molecular weight excluding hydrogens is 321 g/mol. The number of amides is 2. The van der Waals surface area contributed by atoms with Gasteiger partial charge in [-0.25, -0.2) is 14.0 Å². The van der Waals surface area contributed by atoms with E-state index in [1.54, 1.807) is 6.07 Å². The van der Waals surface area contributed by atoms with E-state index in [2.05, 4.69) is 5.32 Å². The number of carbonyl (C=O) groups is 2. The first-order chi connectivity index (χ1) is 11.5. The minimum Gasteiger partial charge on any atom is -0.465 e. The normalized spacial score (nSPS) is 27.2. The SMILES string of the molecule is O=C(O)N1CCNCC1(c1ccccc1F)N1CC(CO)OC1=O. The molecule has 0 radical (unpaired) electrons. The molecule has 0 aromatic heterocycles. The highest BCUT2D eigenvalue weighted by Gasteiger charge is 2.55. The van der Waals surface area contributed by atoms with E-state index in [-0.39, 0.29) is 25.2 Å². The van der Waals surface area contributed by atoms with E-state index < -0.39 is 36.4 Å². The van der Waals surface area contributed by atoms with E-state index in [0.717, 1.165) is 4.90 Å². The van der Waals surface area contributed by atoms with Gasteiger partial charge in [0, 0.05) is 25.2 Å². The standard InChI is InChI=1S/C15H18FN3O5/c16-12-4-2-1-3-11(12)15(9-17-5-6-18(15)13(21)22)19-7-10(8-20)24-14(19)23/h1-4,10,17,20H,5-9H2,(H,21,22). The zero-order chi connectivity index (χ0) is 17.3. The lowest BCUT2D eigenvalue weighted by molar-refractivity contribution is -0.0372. The second-order valence-corrected chi connectivity index (χ2v) is 5.71. The first kappa shape index (κ1) is 16.5. The molecule has 2 unspecified atom stereocenters. The van der Waals surface area contributed by atoms with E-state index in [4.69, 9.17) is 4.74 Å². The lowest BCUT2D eigenvalue weighted by Gasteiger charge is -2.50. The Hall–Kier alpha value is -2.39. The third kappa shape index (κ3) is 2.45. The van der Waals surface area contributed by atoms with Crippen molar-refractivity contribution in [2.24, 2.45) is 0 Å². The van der Waals surface area contributed by atoms with Gasteiger partial charge < -0.3 is 20.3 Å². The number of hydrogen-bond donors (Lipinski definition) is 3. The number of halogens is 1. The number of carboxylic acid groups (broad SMARTS) is 1. The minimum absolute atomic E-state index is 0.0213. The minimum atomic E-state index is -1.57. The Labute approximate surface area is 137 Å². The molecule has 3 rings (SSSR count). The second kappa shape index (κ2) is 6.25. The van der Waals surface area contributed by atoms with Crippen LogP contribution in [-0.4, -0.2) is 71.1 Å². The third-order valence-electron chi connectivity index (χ3n) is 4.39. The maximum Gasteiger partial charge on any atom is 0.412 e. The van der Waals surface area contributed by atoms with Gasteiger partial charge in [-0.2, -0.15) is 0 Å².